The molecule has 2 heterocycles. The van der Waals surface area contributed by atoms with Gasteiger partial charge in [-0.05, 0) is 40.2 Å². The predicted molar refractivity (Wildman–Crippen MR) is 85.7 cm³/mol. The Labute approximate surface area is 144 Å². The first-order valence-corrected chi connectivity index (χ1v) is 7.99. The highest BCUT2D eigenvalue weighted by Crippen LogP contribution is 2.37. The number of hydrogen-bond acceptors (Lipinski definition) is 4. The Morgan fingerprint density at radius 3 is 2.21 bits per heavy atom. The molecule has 2 rings (SSSR count). The molecule has 4 nitrogen and oxygen atoms in total. The summed E-state index contributed by atoms with van der Waals surface area (Å²) in [6, 6.07) is 1.45. The van der Waals surface area contributed by atoms with E-state index in [1.54, 1.807) is 0 Å². The van der Waals surface area contributed by atoms with Crippen LogP contribution in [0.2, 0.25) is 5.02 Å². The Morgan fingerprint density at radius 2 is 1.79 bits per heavy atom. The molecule has 0 unspecified atom stereocenters. The van der Waals surface area contributed by atoms with Gasteiger partial charge in [-0.1, -0.05) is 18.5 Å². The maximum absolute atomic E-state index is 12.8. The summed E-state index contributed by atoms with van der Waals surface area (Å²) in [6.07, 6.45) is -5.32. The van der Waals surface area contributed by atoms with Gasteiger partial charge in [-0.2, -0.15) is 13.2 Å². The molecule has 1 fully saturated rings. The minimum Gasteiger partial charge on any atom is -0.464 e. The van der Waals surface area contributed by atoms with Crippen LogP contribution >= 0.6 is 11.6 Å². The monoisotopic (exact) mass is 365 g/mol. The van der Waals surface area contributed by atoms with Gasteiger partial charge in [-0.15, -0.1) is 0 Å². The van der Waals surface area contributed by atoms with Gasteiger partial charge >= 0.3 is 13.3 Å². The van der Waals surface area contributed by atoms with Gasteiger partial charge in [0.2, 0.25) is 5.88 Å². The molecule has 1 aromatic rings. The third-order valence-electron chi connectivity index (χ3n) is 4.34. The first-order chi connectivity index (χ1) is 10.9. The Balaban J connectivity index is 2.19. The lowest BCUT2D eigenvalue weighted by Gasteiger charge is -2.32. The van der Waals surface area contributed by atoms with E-state index in [2.05, 4.69) is 4.98 Å². The third-order valence-corrected chi connectivity index (χ3v) is 4.61. The van der Waals surface area contributed by atoms with Gasteiger partial charge in [0.15, 0.2) is 6.10 Å². The first kappa shape index (κ1) is 19.3. The van der Waals surface area contributed by atoms with Gasteiger partial charge < -0.3 is 14.0 Å². The third kappa shape index (κ3) is 3.81. The fourth-order valence-electron chi connectivity index (χ4n) is 2.15. The summed E-state index contributed by atoms with van der Waals surface area (Å²) >= 11 is 6.04. The van der Waals surface area contributed by atoms with Gasteiger partial charge in [0, 0.05) is 11.7 Å². The number of hydrogen-bond donors (Lipinski definition) is 0. The number of pyridine rings is 1. The summed E-state index contributed by atoms with van der Waals surface area (Å²) in [7, 11) is -0.696. The lowest BCUT2D eigenvalue weighted by atomic mass is 9.80. The molecule has 0 N–H and O–H groups in total. The van der Waals surface area contributed by atoms with Crippen molar-refractivity contribution in [2.24, 2.45) is 0 Å². The number of rotatable bonds is 4. The average Bonchev–Trinajstić information content (AvgIpc) is 2.64. The number of aromatic nitrogens is 1. The number of nitrogens with zero attached hydrogens (tertiary/aromatic N) is 1. The minimum atomic E-state index is -4.48. The Hall–Kier alpha value is -0.985. The van der Waals surface area contributed by atoms with Crippen LogP contribution in [0.15, 0.2) is 12.3 Å². The van der Waals surface area contributed by atoms with Crippen LogP contribution in [0.5, 0.6) is 5.88 Å². The normalized spacial score (nSPS) is 21.0. The van der Waals surface area contributed by atoms with E-state index in [0.29, 0.717) is 5.46 Å². The largest absolute Gasteiger partial charge is 0.496 e. The van der Waals surface area contributed by atoms with E-state index in [1.165, 1.54) is 19.2 Å². The van der Waals surface area contributed by atoms with Crippen LogP contribution in [0.25, 0.3) is 0 Å². The van der Waals surface area contributed by atoms with E-state index >= 15 is 0 Å². The van der Waals surface area contributed by atoms with Crippen LogP contribution in [-0.4, -0.2) is 35.6 Å². The molecule has 1 aliphatic rings. The van der Waals surface area contributed by atoms with E-state index in [1.807, 2.05) is 27.7 Å². The molecule has 1 aliphatic heterocycles. The molecule has 9 heteroatoms. The summed E-state index contributed by atoms with van der Waals surface area (Å²) in [5, 5.41) is -0.0232. The Bertz CT molecular complexity index is 594. The SMILES string of the molecule is CC[C@H](Oc1ncc(B2OC(C)(C)C(C)(C)O2)cc1Cl)C(F)(F)F. The molecule has 0 aromatic carbocycles. The first-order valence-electron chi connectivity index (χ1n) is 7.62. The van der Waals surface area contributed by atoms with Crippen molar-refractivity contribution in [2.75, 3.05) is 0 Å². The van der Waals surface area contributed by atoms with Crippen molar-refractivity contribution in [3.63, 3.8) is 0 Å². The van der Waals surface area contributed by atoms with E-state index in [9.17, 15) is 13.2 Å². The van der Waals surface area contributed by atoms with Crippen molar-refractivity contribution < 1.29 is 27.2 Å². The van der Waals surface area contributed by atoms with E-state index < -0.39 is 30.6 Å². The molecular formula is C15H20BClF3NO3. The van der Waals surface area contributed by atoms with E-state index in [-0.39, 0.29) is 17.3 Å². The Morgan fingerprint density at radius 1 is 1.25 bits per heavy atom. The second-order valence-electron chi connectivity index (χ2n) is 6.70. The summed E-state index contributed by atoms with van der Waals surface area (Å²) in [5.74, 6) is -0.263. The smallest absolute Gasteiger partial charge is 0.464 e. The topological polar surface area (TPSA) is 40.6 Å². The molecule has 1 aromatic heterocycles. The van der Waals surface area contributed by atoms with Gasteiger partial charge in [-0.25, -0.2) is 4.98 Å². The highest BCUT2D eigenvalue weighted by atomic mass is 35.5. The van der Waals surface area contributed by atoms with Gasteiger partial charge in [0.1, 0.15) is 5.02 Å². The zero-order valence-electron chi connectivity index (χ0n) is 14.2. The molecule has 0 radical (unpaired) electrons. The van der Waals surface area contributed by atoms with Crippen molar-refractivity contribution in [1.82, 2.24) is 4.98 Å². The number of alkyl halides is 3. The minimum absolute atomic E-state index is 0.0232. The van der Waals surface area contributed by atoms with Crippen molar-refractivity contribution in [2.45, 2.75) is 64.5 Å². The molecule has 0 spiro atoms. The molecule has 0 amide bonds. The van der Waals surface area contributed by atoms with Gasteiger partial charge in [0.05, 0.1) is 11.2 Å². The van der Waals surface area contributed by atoms with Crippen LogP contribution < -0.4 is 10.2 Å². The van der Waals surface area contributed by atoms with Crippen LogP contribution in [0.3, 0.4) is 0 Å². The zero-order valence-corrected chi connectivity index (χ0v) is 15.0. The fourth-order valence-corrected chi connectivity index (χ4v) is 2.37. The standard InChI is InChI=1S/C15H20BClF3NO3/c1-6-11(15(18,19)20)22-12-10(17)7-9(8-21-12)16-23-13(2,3)14(4,5)24-16/h7-8,11H,6H2,1-5H3/t11-/m0/s1. The van der Waals surface area contributed by atoms with E-state index in [4.69, 9.17) is 25.6 Å². The summed E-state index contributed by atoms with van der Waals surface area (Å²) in [6.45, 7) is 8.97. The lowest BCUT2D eigenvalue weighted by molar-refractivity contribution is -0.196. The van der Waals surface area contributed by atoms with Crippen LogP contribution in [0.1, 0.15) is 41.0 Å². The summed E-state index contributed by atoms with van der Waals surface area (Å²) in [5.41, 5.74) is -0.558. The van der Waals surface area contributed by atoms with Crippen molar-refractivity contribution in [3.05, 3.63) is 17.3 Å². The second kappa shape index (κ2) is 6.39. The molecular weight excluding hydrogens is 345 g/mol. The second-order valence-corrected chi connectivity index (χ2v) is 7.11. The molecule has 0 saturated carbocycles. The zero-order chi connectivity index (χ0) is 18.3. The van der Waals surface area contributed by atoms with Crippen LogP contribution in [0.4, 0.5) is 13.2 Å². The fraction of sp³-hybridized carbons (Fsp3) is 0.667. The van der Waals surface area contributed by atoms with Gasteiger partial charge in [0.25, 0.3) is 0 Å². The quantitative estimate of drug-likeness (QED) is 0.762. The van der Waals surface area contributed by atoms with Crippen LogP contribution in [-0.2, 0) is 9.31 Å². The van der Waals surface area contributed by atoms with Gasteiger partial charge in [-0.3, -0.25) is 0 Å². The molecule has 1 atom stereocenters. The molecule has 134 valence electrons. The lowest BCUT2D eigenvalue weighted by Crippen LogP contribution is -2.41. The molecule has 0 bridgehead atoms. The highest BCUT2D eigenvalue weighted by Gasteiger charge is 2.52. The number of halogens is 4. The summed E-state index contributed by atoms with van der Waals surface area (Å²) < 4.78 is 55.0. The summed E-state index contributed by atoms with van der Waals surface area (Å²) in [4.78, 5) is 3.91. The number of ether oxygens (including phenoxy) is 1. The van der Waals surface area contributed by atoms with Crippen LogP contribution in [0, 0.1) is 0 Å². The average molecular weight is 366 g/mol. The molecule has 1 saturated heterocycles. The highest BCUT2D eigenvalue weighted by molar-refractivity contribution is 6.62. The van der Waals surface area contributed by atoms with Crippen molar-refractivity contribution in [3.8, 4) is 5.88 Å². The maximum Gasteiger partial charge on any atom is 0.496 e. The Kier molecular flexibility index (Phi) is 5.15. The van der Waals surface area contributed by atoms with E-state index in [0.717, 1.165) is 0 Å². The molecule has 0 aliphatic carbocycles. The van der Waals surface area contributed by atoms with Crippen molar-refractivity contribution in [1.29, 1.82) is 0 Å². The van der Waals surface area contributed by atoms with Crippen molar-refractivity contribution >= 4 is 24.2 Å². The molecule has 24 heavy (non-hydrogen) atoms. The maximum atomic E-state index is 12.8. The predicted octanol–water partition coefficient (Wildman–Crippen LogP) is 3.75.